The van der Waals surface area contributed by atoms with Crippen LogP contribution in [-0.4, -0.2) is 29.7 Å². The Hall–Kier alpha value is -2.55. The maximum atomic E-state index is 12.3. The number of nitrogens with zero attached hydrogens (tertiary/aromatic N) is 1. The molecule has 26 heavy (non-hydrogen) atoms. The fraction of sp³-hybridized carbons (Fsp3) is 0.348. The Bertz CT molecular complexity index is 757. The van der Waals surface area contributed by atoms with Crippen LogP contribution < -0.4 is 0 Å². The average molecular weight is 349 g/mol. The topological polar surface area (TPSA) is 29.5 Å². The molecule has 2 aromatic rings. The molecule has 3 nitrogen and oxygen atoms in total. The molecule has 1 heterocycles. The second kappa shape index (κ2) is 7.77. The number of carbonyl (C=O) groups excluding carboxylic acids is 1. The zero-order chi connectivity index (χ0) is 18.6. The molecule has 0 fully saturated rings. The van der Waals surface area contributed by atoms with Crippen molar-refractivity contribution < 1.29 is 9.53 Å². The van der Waals surface area contributed by atoms with E-state index in [1.165, 1.54) is 16.7 Å². The van der Waals surface area contributed by atoms with Gasteiger partial charge < -0.3 is 9.64 Å². The lowest BCUT2D eigenvalue weighted by molar-refractivity contribution is 0.0244. The van der Waals surface area contributed by atoms with E-state index >= 15 is 0 Å². The van der Waals surface area contributed by atoms with Crippen LogP contribution in [0, 0.1) is 5.92 Å². The number of benzene rings is 2. The summed E-state index contributed by atoms with van der Waals surface area (Å²) in [5.74, 6) is 0.318. The van der Waals surface area contributed by atoms with Crippen LogP contribution in [0.25, 0.3) is 11.1 Å². The van der Waals surface area contributed by atoms with Gasteiger partial charge in [0.1, 0.15) is 5.60 Å². The van der Waals surface area contributed by atoms with E-state index in [-0.39, 0.29) is 6.09 Å². The number of hydrogen-bond acceptors (Lipinski definition) is 2. The lowest BCUT2D eigenvalue weighted by atomic mass is 9.95. The zero-order valence-electron chi connectivity index (χ0n) is 15.8. The van der Waals surface area contributed by atoms with E-state index in [1.54, 1.807) is 4.90 Å². The SMILES string of the molecule is CC(C)(C)OC(=O)N1CC=CC(Cc2ccc(-c3ccccc3)cc2)C1. The molecule has 0 aromatic heterocycles. The van der Waals surface area contributed by atoms with Gasteiger partial charge in [-0.05, 0) is 49.8 Å². The van der Waals surface area contributed by atoms with Crippen LogP contribution in [0.5, 0.6) is 0 Å². The van der Waals surface area contributed by atoms with E-state index in [9.17, 15) is 4.79 Å². The van der Waals surface area contributed by atoms with Crippen molar-refractivity contribution in [2.75, 3.05) is 13.1 Å². The minimum absolute atomic E-state index is 0.230. The van der Waals surface area contributed by atoms with Gasteiger partial charge in [0.15, 0.2) is 0 Å². The molecule has 0 N–H and O–H groups in total. The van der Waals surface area contributed by atoms with Crippen molar-refractivity contribution in [1.82, 2.24) is 4.90 Å². The first-order valence-corrected chi connectivity index (χ1v) is 9.20. The smallest absolute Gasteiger partial charge is 0.410 e. The van der Waals surface area contributed by atoms with Gasteiger partial charge in [-0.25, -0.2) is 4.79 Å². The van der Waals surface area contributed by atoms with Crippen LogP contribution >= 0.6 is 0 Å². The molecule has 136 valence electrons. The molecule has 2 aromatic carbocycles. The summed E-state index contributed by atoms with van der Waals surface area (Å²) in [5, 5.41) is 0. The van der Waals surface area contributed by atoms with E-state index in [1.807, 2.05) is 26.8 Å². The molecular formula is C23H27NO2. The Labute approximate surface area is 156 Å². The normalized spacial score (nSPS) is 17.2. The monoisotopic (exact) mass is 349 g/mol. The Balaban J connectivity index is 1.61. The van der Waals surface area contributed by atoms with Gasteiger partial charge in [0.2, 0.25) is 0 Å². The highest BCUT2D eigenvalue weighted by Crippen LogP contribution is 2.22. The van der Waals surface area contributed by atoms with Gasteiger partial charge in [-0.1, -0.05) is 66.7 Å². The summed E-state index contributed by atoms with van der Waals surface area (Å²) in [6.07, 6.45) is 4.97. The van der Waals surface area contributed by atoms with Crippen molar-refractivity contribution in [3.05, 3.63) is 72.3 Å². The summed E-state index contributed by atoms with van der Waals surface area (Å²) in [7, 11) is 0. The number of amides is 1. The third kappa shape index (κ3) is 4.98. The molecule has 1 aliphatic rings. The second-order valence-corrected chi connectivity index (χ2v) is 7.84. The lowest BCUT2D eigenvalue weighted by Gasteiger charge is -2.31. The second-order valence-electron chi connectivity index (χ2n) is 7.84. The fourth-order valence-electron chi connectivity index (χ4n) is 3.17. The third-order valence-corrected chi connectivity index (χ3v) is 4.40. The summed E-state index contributed by atoms with van der Waals surface area (Å²) in [6, 6.07) is 19.1. The van der Waals surface area contributed by atoms with E-state index in [0.29, 0.717) is 19.0 Å². The largest absolute Gasteiger partial charge is 0.444 e. The highest BCUT2D eigenvalue weighted by Gasteiger charge is 2.25. The first kappa shape index (κ1) is 18.2. The Morgan fingerprint density at radius 3 is 2.35 bits per heavy atom. The highest BCUT2D eigenvalue weighted by atomic mass is 16.6. The molecule has 1 aliphatic heterocycles. The Kier molecular flexibility index (Phi) is 5.46. The molecule has 3 heteroatoms. The molecule has 0 spiro atoms. The lowest BCUT2D eigenvalue weighted by Crippen LogP contribution is -2.41. The molecule has 3 rings (SSSR count). The molecule has 1 unspecified atom stereocenters. The summed E-state index contributed by atoms with van der Waals surface area (Å²) in [4.78, 5) is 14.1. The van der Waals surface area contributed by atoms with Crippen LogP contribution in [0.1, 0.15) is 26.3 Å². The first-order chi connectivity index (χ1) is 12.4. The molecule has 1 atom stereocenters. The number of ether oxygens (including phenoxy) is 1. The Morgan fingerprint density at radius 2 is 1.69 bits per heavy atom. The van der Waals surface area contributed by atoms with E-state index in [0.717, 1.165) is 6.42 Å². The molecule has 0 saturated heterocycles. The predicted octanol–water partition coefficient (Wildman–Crippen LogP) is 5.32. The minimum Gasteiger partial charge on any atom is -0.444 e. The predicted molar refractivity (Wildman–Crippen MR) is 106 cm³/mol. The van der Waals surface area contributed by atoms with Gasteiger partial charge in [0.25, 0.3) is 0 Å². The van der Waals surface area contributed by atoms with Gasteiger partial charge >= 0.3 is 6.09 Å². The molecule has 0 radical (unpaired) electrons. The average Bonchev–Trinajstić information content (AvgIpc) is 2.62. The van der Waals surface area contributed by atoms with Crippen LogP contribution in [-0.2, 0) is 11.2 Å². The quantitative estimate of drug-likeness (QED) is 0.702. The van der Waals surface area contributed by atoms with Gasteiger partial charge in [-0.3, -0.25) is 0 Å². The first-order valence-electron chi connectivity index (χ1n) is 9.20. The van der Waals surface area contributed by atoms with Crippen molar-refractivity contribution in [3.8, 4) is 11.1 Å². The minimum atomic E-state index is -0.457. The van der Waals surface area contributed by atoms with Crippen LogP contribution in [0.3, 0.4) is 0 Å². The molecule has 1 amide bonds. The van der Waals surface area contributed by atoms with Gasteiger partial charge in [0.05, 0.1) is 0 Å². The van der Waals surface area contributed by atoms with E-state index in [4.69, 9.17) is 4.74 Å². The van der Waals surface area contributed by atoms with Crippen molar-refractivity contribution in [3.63, 3.8) is 0 Å². The maximum Gasteiger partial charge on any atom is 0.410 e. The van der Waals surface area contributed by atoms with Gasteiger partial charge in [0, 0.05) is 13.1 Å². The van der Waals surface area contributed by atoms with Crippen molar-refractivity contribution in [2.45, 2.75) is 32.8 Å². The third-order valence-electron chi connectivity index (χ3n) is 4.40. The van der Waals surface area contributed by atoms with Gasteiger partial charge in [-0.15, -0.1) is 0 Å². The maximum absolute atomic E-state index is 12.3. The van der Waals surface area contributed by atoms with Crippen LogP contribution in [0.4, 0.5) is 4.79 Å². The van der Waals surface area contributed by atoms with Gasteiger partial charge in [-0.2, -0.15) is 0 Å². The van der Waals surface area contributed by atoms with Crippen molar-refractivity contribution >= 4 is 6.09 Å². The van der Waals surface area contributed by atoms with Crippen LogP contribution in [0.15, 0.2) is 66.7 Å². The molecular weight excluding hydrogens is 322 g/mol. The molecule has 0 aliphatic carbocycles. The summed E-state index contributed by atoms with van der Waals surface area (Å²) in [6.45, 7) is 7.02. The summed E-state index contributed by atoms with van der Waals surface area (Å²) in [5.41, 5.74) is 3.28. The number of hydrogen-bond donors (Lipinski definition) is 0. The molecule has 0 saturated carbocycles. The van der Waals surface area contributed by atoms with Crippen molar-refractivity contribution in [1.29, 1.82) is 0 Å². The van der Waals surface area contributed by atoms with Crippen molar-refractivity contribution in [2.24, 2.45) is 5.92 Å². The summed E-state index contributed by atoms with van der Waals surface area (Å²) < 4.78 is 5.49. The van der Waals surface area contributed by atoms with E-state index < -0.39 is 5.60 Å². The summed E-state index contributed by atoms with van der Waals surface area (Å²) >= 11 is 0. The standard InChI is InChI=1S/C23H27NO2/c1-23(2,3)26-22(25)24-15-7-8-19(17-24)16-18-11-13-21(14-12-18)20-9-5-4-6-10-20/h4-14,19H,15-17H2,1-3H3. The fourth-order valence-corrected chi connectivity index (χ4v) is 3.17. The number of carbonyl (C=O) groups is 1. The Morgan fingerprint density at radius 1 is 1.04 bits per heavy atom. The molecule has 0 bridgehead atoms. The van der Waals surface area contributed by atoms with E-state index in [2.05, 4.69) is 60.7 Å². The number of rotatable bonds is 3. The zero-order valence-corrected chi connectivity index (χ0v) is 15.8. The van der Waals surface area contributed by atoms with Crippen LogP contribution in [0.2, 0.25) is 0 Å². The highest BCUT2D eigenvalue weighted by molar-refractivity contribution is 5.68.